The molecule has 2 fully saturated rings. The van der Waals surface area contributed by atoms with Gasteiger partial charge in [0.1, 0.15) is 0 Å². The summed E-state index contributed by atoms with van der Waals surface area (Å²) in [6.07, 6.45) is 0.853. The maximum atomic E-state index is 13.0. The molecule has 6 heteroatoms. The summed E-state index contributed by atoms with van der Waals surface area (Å²) in [5.41, 5.74) is 3.46. The maximum Gasteiger partial charge on any atom is 0.317 e. The van der Waals surface area contributed by atoms with Crippen LogP contribution in [0.5, 0.6) is 0 Å². The lowest BCUT2D eigenvalue weighted by molar-refractivity contribution is 0.0261. The number of aromatic amines is 1. The van der Waals surface area contributed by atoms with Crippen molar-refractivity contribution in [1.29, 1.82) is 0 Å². The molecule has 2 aliphatic rings. The molecule has 2 aromatic rings. The first-order valence-corrected chi connectivity index (χ1v) is 9.91. The minimum absolute atomic E-state index is 0.102. The number of hydrogen-bond acceptors (Lipinski definition) is 3. The van der Waals surface area contributed by atoms with Gasteiger partial charge in [0, 0.05) is 42.3 Å². The number of aryl methyl sites for hydroxylation is 2. The number of pyridine rings is 1. The third kappa shape index (κ3) is 3.56. The van der Waals surface area contributed by atoms with Crippen molar-refractivity contribution < 1.29 is 9.53 Å². The highest BCUT2D eigenvalue weighted by Gasteiger charge is 2.45. The van der Waals surface area contributed by atoms with E-state index in [1.165, 1.54) is 5.56 Å². The number of aromatic nitrogens is 1. The minimum Gasteiger partial charge on any atom is -0.381 e. The van der Waals surface area contributed by atoms with E-state index in [1.807, 2.05) is 43.0 Å². The molecule has 4 rings (SSSR count). The van der Waals surface area contributed by atoms with Gasteiger partial charge in [0.05, 0.1) is 13.2 Å². The Hall–Kier alpha value is -2.60. The molecule has 0 bridgehead atoms. The van der Waals surface area contributed by atoms with Crippen LogP contribution in [-0.4, -0.2) is 41.7 Å². The summed E-state index contributed by atoms with van der Waals surface area (Å²) in [6.45, 7) is 6.04. The van der Waals surface area contributed by atoms with Crippen LogP contribution in [0.25, 0.3) is 0 Å². The summed E-state index contributed by atoms with van der Waals surface area (Å²) in [7, 11) is 0. The Kier molecular flexibility index (Phi) is 5.22. The summed E-state index contributed by atoms with van der Waals surface area (Å²) >= 11 is 0. The topological polar surface area (TPSA) is 74.4 Å². The first-order valence-electron chi connectivity index (χ1n) is 9.91. The summed E-state index contributed by atoms with van der Waals surface area (Å²) in [5, 5.41) is 2.97. The zero-order valence-corrected chi connectivity index (χ0v) is 16.4. The van der Waals surface area contributed by atoms with Crippen LogP contribution in [0.1, 0.15) is 34.7 Å². The molecule has 2 saturated heterocycles. The monoisotopic (exact) mass is 381 g/mol. The van der Waals surface area contributed by atoms with Crippen molar-refractivity contribution in [3.05, 3.63) is 69.1 Å². The van der Waals surface area contributed by atoms with Gasteiger partial charge in [-0.3, -0.25) is 4.79 Å². The highest BCUT2D eigenvalue weighted by atomic mass is 16.5. The third-order valence-corrected chi connectivity index (χ3v) is 6.07. The van der Waals surface area contributed by atoms with Crippen LogP contribution in [0.4, 0.5) is 4.79 Å². The number of H-pyrrole nitrogens is 1. The summed E-state index contributed by atoms with van der Waals surface area (Å²) in [4.78, 5) is 30.0. The molecule has 1 aromatic heterocycles. The third-order valence-electron chi connectivity index (χ3n) is 6.07. The van der Waals surface area contributed by atoms with Gasteiger partial charge in [-0.1, -0.05) is 30.3 Å². The lowest BCUT2D eigenvalue weighted by Gasteiger charge is -2.32. The zero-order valence-electron chi connectivity index (χ0n) is 16.4. The molecule has 3 unspecified atom stereocenters. The molecule has 0 saturated carbocycles. The van der Waals surface area contributed by atoms with Gasteiger partial charge < -0.3 is 19.9 Å². The Morgan fingerprint density at radius 2 is 2.07 bits per heavy atom. The number of rotatable bonds is 3. The number of likely N-dealkylation sites (tertiary alicyclic amines) is 1. The van der Waals surface area contributed by atoms with E-state index < -0.39 is 0 Å². The standard InChI is InChI=1S/C22H27N3O3/c1-14-10-15(2)24-21(26)17(14)11-23-22(27)25-12-18(16-6-4-3-5-7-16)19-13-28-9-8-20(19)25/h3-7,10,18-20H,8-9,11-13H2,1-2H3,(H,23,27)(H,24,26). The highest BCUT2D eigenvalue weighted by molar-refractivity contribution is 5.75. The molecule has 0 aliphatic carbocycles. The average molecular weight is 381 g/mol. The van der Waals surface area contributed by atoms with Crippen LogP contribution in [0.2, 0.25) is 0 Å². The second-order valence-corrected chi connectivity index (χ2v) is 7.87. The lowest BCUT2D eigenvalue weighted by Crippen LogP contribution is -2.46. The first-order chi connectivity index (χ1) is 13.5. The number of carbonyl (C=O) groups is 1. The number of amides is 2. The Balaban J connectivity index is 1.50. The Morgan fingerprint density at radius 1 is 1.29 bits per heavy atom. The Morgan fingerprint density at radius 3 is 2.82 bits per heavy atom. The number of fused-ring (bicyclic) bond motifs is 1. The van der Waals surface area contributed by atoms with Gasteiger partial charge in [-0.2, -0.15) is 0 Å². The van der Waals surface area contributed by atoms with Crippen molar-refractivity contribution in [3.63, 3.8) is 0 Å². The molecule has 3 atom stereocenters. The van der Waals surface area contributed by atoms with E-state index in [9.17, 15) is 9.59 Å². The largest absolute Gasteiger partial charge is 0.381 e. The van der Waals surface area contributed by atoms with E-state index in [-0.39, 0.29) is 30.1 Å². The molecular weight excluding hydrogens is 354 g/mol. The predicted octanol–water partition coefficient (Wildman–Crippen LogP) is 2.71. The number of benzene rings is 1. The molecule has 2 aliphatic heterocycles. The fourth-order valence-electron chi connectivity index (χ4n) is 4.66. The Bertz CT molecular complexity index is 909. The average Bonchev–Trinajstić information content (AvgIpc) is 3.07. The highest BCUT2D eigenvalue weighted by Crippen LogP contribution is 2.40. The minimum atomic E-state index is -0.134. The molecule has 2 amide bonds. The van der Waals surface area contributed by atoms with Crippen molar-refractivity contribution in [2.45, 2.75) is 38.8 Å². The molecule has 6 nitrogen and oxygen atoms in total. The van der Waals surface area contributed by atoms with Gasteiger partial charge in [0.2, 0.25) is 0 Å². The molecule has 0 radical (unpaired) electrons. The number of hydrogen-bond donors (Lipinski definition) is 2. The zero-order chi connectivity index (χ0) is 19.7. The number of carbonyl (C=O) groups excluding carboxylic acids is 1. The number of urea groups is 1. The number of nitrogens with one attached hydrogen (secondary N) is 2. The van der Waals surface area contributed by atoms with Crippen LogP contribution in [-0.2, 0) is 11.3 Å². The SMILES string of the molecule is Cc1cc(C)c(CNC(=O)N2CC(c3ccccc3)C3COCCC32)c(=O)[nH]1. The normalized spacial score (nSPS) is 24.1. The van der Waals surface area contributed by atoms with E-state index in [1.54, 1.807) is 0 Å². The fraction of sp³-hybridized carbons (Fsp3) is 0.455. The van der Waals surface area contributed by atoms with Crippen molar-refractivity contribution >= 4 is 6.03 Å². The van der Waals surface area contributed by atoms with Gasteiger partial charge >= 0.3 is 6.03 Å². The quantitative estimate of drug-likeness (QED) is 0.858. The van der Waals surface area contributed by atoms with Crippen LogP contribution >= 0.6 is 0 Å². The van der Waals surface area contributed by atoms with E-state index in [2.05, 4.69) is 22.4 Å². The second-order valence-electron chi connectivity index (χ2n) is 7.87. The molecular formula is C22H27N3O3. The van der Waals surface area contributed by atoms with Crippen LogP contribution in [0, 0.1) is 19.8 Å². The van der Waals surface area contributed by atoms with Gasteiger partial charge in [-0.15, -0.1) is 0 Å². The number of nitrogens with zero attached hydrogens (tertiary/aromatic N) is 1. The van der Waals surface area contributed by atoms with Crippen LogP contribution in [0.3, 0.4) is 0 Å². The lowest BCUT2D eigenvalue weighted by atomic mass is 9.84. The molecule has 2 N–H and O–H groups in total. The van der Waals surface area contributed by atoms with Crippen molar-refractivity contribution in [2.24, 2.45) is 5.92 Å². The van der Waals surface area contributed by atoms with Crippen LogP contribution < -0.4 is 10.9 Å². The van der Waals surface area contributed by atoms with Crippen molar-refractivity contribution in [3.8, 4) is 0 Å². The summed E-state index contributed by atoms with van der Waals surface area (Å²) in [5.74, 6) is 0.591. The molecule has 3 heterocycles. The van der Waals surface area contributed by atoms with Crippen LogP contribution in [0.15, 0.2) is 41.2 Å². The smallest absolute Gasteiger partial charge is 0.317 e. The first kappa shape index (κ1) is 18.7. The van der Waals surface area contributed by atoms with Gasteiger partial charge in [-0.05, 0) is 37.5 Å². The van der Waals surface area contributed by atoms with E-state index in [4.69, 9.17) is 4.74 Å². The van der Waals surface area contributed by atoms with Gasteiger partial charge in [0.15, 0.2) is 0 Å². The van der Waals surface area contributed by atoms with Gasteiger partial charge in [-0.25, -0.2) is 4.79 Å². The molecule has 0 spiro atoms. The molecule has 28 heavy (non-hydrogen) atoms. The number of ether oxygens (including phenoxy) is 1. The Labute approximate surface area is 164 Å². The van der Waals surface area contributed by atoms with E-state index in [0.29, 0.717) is 31.2 Å². The molecule has 148 valence electrons. The molecule has 1 aromatic carbocycles. The van der Waals surface area contributed by atoms with Crippen molar-refractivity contribution in [2.75, 3.05) is 19.8 Å². The maximum absolute atomic E-state index is 13.0. The fourth-order valence-corrected chi connectivity index (χ4v) is 4.66. The summed E-state index contributed by atoms with van der Waals surface area (Å²) in [6, 6.07) is 12.4. The van der Waals surface area contributed by atoms with E-state index >= 15 is 0 Å². The van der Waals surface area contributed by atoms with E-state index in [0.717, 1.165) is 17.7 Å². The second kappa shape index (κ2) is 7.80. The van der Waals surface area contributed by atoms with Gasteiger partial charge in [0.25, 0.3) is 5.56 Å². The van der Waals surface area contributed by atoms with Crippen molar-refractivity contribution in [1.82, 2.24) is 15.2 Å². The predicted molar refractivity (Wildman–Crippen MR) is 107 cm³/mol. The summed E-state index contributed by atoms with van der Waals surface area (Å²) < 4.78 is 5.73.